The van der Waals surface area contributed by atoms with Gasteiger partial charge in [-0.3, -0.25) is 4.79 Å². The molecule has 2 saturated heterocycles. The predicted octanol–water partition coefficient (Wildman–Crippen LogP) is 1.29. The minimum absolute atomic E-state index is 0.0841. The molecule has 1 atom stereocenters. The number of nitrogens with zero attached hydrogens (tertiary/aromatic N) is 2. The molecule has 1 spiro atoms. The molecule has 1 unspecified atom stereocenters. The topological polar surface area (TPSA) is 43.7 Å². The van der Waals surface area contributed by atoms with E-state index in [1.165, 1.54) is 0 Å². The third kappa shape index (κ3) is 2.36. The molecule has 0 saturated carbocycles. The number of carbonyl (C=O) groups excluding carboxylic acids is 1. The fourth-order valence-electron chi connectivity index (χ4n) is 3.27. The van der Waals surface area contributed by atoms with Crippen molar-refractivity contribution in [3.63, 3.8) is 0 Å². The lowest BCUT2D eigenvalue weighted by Gasteiger charge is -2.47. The minimum atomic E-state index is -0.0841. The van der Waals surface area contributed by atoms with Crippen LogP contribution in [0.15, 0.2) is 18.3 Å². The number of hydrogen-bond donors (Lipinski definition) is 0. The monoisotopic (exact) mass is 278 g/mol. The van der Waals surface area contributed by atoms with Crippen LogP contribution in [0.2, 0.25) is 0 Å². The Morgan fingerprint density at radius 1 is 1.55 bits per heavy atom. The zero-order valence-electron chi connectivity index (χ0n) is 12.2. The number of hydrogen-bond acceptors (Lipinski definition) is 3. The number of rotatable bonds is 4. The second kappa shape index (κ2) is 5.22. The first-order chi connectivity index (χ1) is 9.63. The zero-order chi connectivity index (χ0) is 14.2. The highest BCUT2D eigenvalue weighted by molar-refractivity contribution is 5.93. The second-order valence-corrected chi connectivity index (χ2v) is 6.01. The van der Waals surface area contributed by atoms with Crippen molar-refractivity contribution >= 4 is 5.91 Å². The highest BCUT2D eigenvalue weighted by Crippen LogP contribution is 2.39. The molecule has 1 amide bonds. The van der Waals surface area contributed by atoms with Gasteiger partial charge >= 0.3 is 0 Å². The van der Waals surface area contributed by atoms with Gasteiger partial charge in [0.25, 0.3) is 5.91 Å². The molecule has 0 bridgehead atoms. The summed E-state index contributed by atoms with van der Waals surface area (Å²) in [6, 6.07) is 3.76. The summed E-state index contributed by atoms with van der Waals surface area (Å²) < 4.78 is 12.9. The molecule has 5 nitrogen and oxygen atoms in total. The molecule has 110 valence electrons. The SMILES string of the molecule is COCCC1COC2(C1)CN(C(=O)c1cccn1C)C2. The first-order valence-electron chi connectivity index (χ1n) is 7.17. The van der Waals surface area contributed by atoms with Gasteiger partial charge in [-0.25, -0.2) is 0 Å². The number of carbonyl (C=O) groups is 1. The Morgan fingerprint density at radius 2 is 2.35 bits per heavy atom. The van der Waals surface area contributed by atoms with E-state index in [2.05, 4.69) is 0 Å². The molecular weight excluding hydrogens is 256 g/mol. The molecule has 0 radical (unpaired) electrons. The maximum absolute atomic E-state index is 12.3. The Balaban J connectivity index is 1.54. The van der Waals surface area contributed by atoms with E-state index < -0.39 is 0 Å². The number of ether oxygens (including phenoxy) is 2. The number of amides is 1. The highest BCUT2D eigenvalue weighted by atomic mass is 16.5. The molecule has 3 rings (SSSR count). The molecule has 2 aliphatic rings. The van der Waals surface area contributed by atoms with Crippen molar-refractivity contribution < 1.29 is 14.3 Å². The predicted molar refractivity (Wildman–Crippen MR) is 74.6 cm³/mol. The third-order valence-corrected chi connectivity index (χ3v) is 4.42. The van der Waals surface area contributed by atoms with Gasteiger partial charge in [0.15, 0.2) is 0 Å². The largest absolute Gasteiger partial charge is 0.385 e. The molecule has 1 aromatic heterocycles. The lowest BCUT2D eigenvalue weighted by Crippen LogP contribution is -2.63. The van der Waals surface area contributed by atoms with Gasteiger partial charge in [-0.15, -0.1) is 0 Å². The summed E-state index contributed by atoms with van der Waals surface area (Å²) in [5, 5.41) is 0. The van der Waals surface area contributed by atoms with E-state index in [-0.39, 0.29) is 11.5 Å². The van der Waals surface area contributed by atoms with Crippen LogP contribution < -0.4 is 0 Å². The van der Waals surface area contributed by atoms with E-state index in [0.29, 0.717) is 5.92 Å². The summed E-state index contributed by atoms with van der Waals surface area (Å²) >= 11 is 0. The number of likely N-dealkylation sites (tertiary alicyclic amines) is 1. The van der Waals surface area contributed by atoms with E-state index in [1.807, 2.05) is 34.8 Å². The summed E-state index contributed by atoms with van der Waals surface area (Å²) in [5.41, 5.74) is 0.660. The van der Waals surface area contributed by atoms with E-state index in [9.17, 15) is 4.79 Å². The van der Waals surface area contributed by atoms with Crippen molar-refractivity contribution in [2.24, 2.45) is 13.0 Å². The normalized spacial score (nSPS) is 24.1. The Hall–Kier alpha value is -1.33. The quantitative estimate of drug-likeness (QED) is 0.833. The van der Waals surface area contributed by atoms with Crippen LogP contribution in [0.1, 0.15) is 23.3 Å². The van der Waals surface area contributed by atoms with E-state index in [1.54, 1.807) is 7.11 Å². The highest BCUT2D eigenvalue weighted by Gasteiger charge is 2.51. The molecule has 0 aliphatic carbocycles. The number of methoxy groups -OCH3 is 1. The second-order valence-electron chi connectivity index (χ2n) is 6.01. The van der Waals surface area contributed by atoms with Gasteiger partial charge in [-0.05, 0) is 30.9 Å². The van der Waals surface area contributed by atoms with Gasteiger partial charge in [-0.2, -0.15) is 0 Å². The molecule has 3 heterocycles. The van der Waals surface area contributed by atoms with Crippen molar-refractivity contribution in [3.8, 4) is 0 Å². The first kappa shape index (κ1) is 13.6. The lowest BCUT2D eigenvalue weighted by molar-refractivity contribution is -0.0952. The van der Waals surface area contributed by atoms with Crippen molar-refractivity contribution in [1.29, 1.82) is 0 Å². The minimum Gasteiger partial charge on any atom is -0.385 e. The van der Waals surface area contributed by atoms with Gasteiger partial charge in [0.2, 0.25) is 0 Å². The smallest absolute Gasteiger partial charge is 0.270 e. The average Bonchev–Trinajstić information content (AvgIpc) is 3.00. The van der Waals surface area contributed by atoms with Crippen LogP contribution in [-0.4, -0.2) is 54.4 Å². The lowest BCUT2D eigenvalue weighted by atomic mass is 9.86. The van der Waals surface area contributed by atoms with E-state index in [4.69, 9.17) is 9.47 Å². The maximum Gasteiger partial charge on any atom is 0.270 e. The van der Waals surface area contributed by atoms with Crippen molar-refractivity contribution in [2.75, 3.05) is 33.4 Å². The molecule has 5 heteroatoms. The van der Waals surface area contributed by atoms with Crippen LogP contribution in [0, 0.1) is 5.92 Å². The Bertz CT molecular complexity index is 491. The number of aromatic nitrogens is 1. The molecule has 20 heavy (non-hydrogen) atoms. The fraction of sp³-hybridized carbons (Fsp3) is 0.667. The molecule has 0 aromatic carbocycles. The molecular formula is C15H22N2O3. The summed E-state index contributed by atoms with van der Waals surface area (Å²) in [6.07, 6.45) is 3.99. The molecule has 0 N–H and O–H groups in total. The average molecular weight is 278 g/mol. The van der Waals surface area contributed by atoms with Crippen LogP contribution >= 0.6 is 0 Å². The third-order valence-electron chi connectivity index (χ3n) is 4.42. The summed E-state index contributed by atoms with van der Waals surface area (Å²) in [4.78, 5) is 14.2. The van der Waals surface area contributed by atoms with E-state index >= 15 is 0 Å². The maximum atomic E-state index is 12.3. The van der Waals surface area contributed by atoms with Crippen LogP contribution in [-0.2, 0) is 16.5 Å². The van der Waals surface area contributed by atoms with Crippen LogP contribution in [0.4, 0.5) is 0 Å². The van der Waals surface area contributed by atoms with Gasteiger partial charge in [0, 0.05) is 27.0 Å². The van der Waals surface area contributed by atoms with Crippen LogP contribution in [0.5, 0.6) is 0 Å². The zero-order valence-corrected chi connectivity index (χ0v) is 12.2. The Kier molecular flexibility index (Phi) is 3.56. The van der Waals surface area contributed by atoms with Crippen molar-refractivity contribution in [3.05, 3.63) is 24.0 Å². The summed E-state index contributed by atoms with van der Waals surface area (Å²) in [5.74, 6) is 0.675. The Morgan fingerprint density at radius 3 is 3.00 bits per heavy atom. The van der Waals surface area contributed by atoms with Gasteiger partial charge in [0.1, 0.15) is 11.3 Å². The Labute approximate surface area is 119 Å². The van der Waals surface area contributed by atoms with Crippen molar-refractivity contribution in [2.45, 2.75) is 18.4 Å². The van der Waals surface area contributed by atoms with Crippen molar-refractivity contribution in [1.82, 2.24) is 9.47 Å². The van der Waals surface area contributed by atoms with Gasteiger partial charge in [0.05, 0.1) is 19.7 Å². The summed E-state index contributed by atoms with van der Waals surface area (Å²) in [6.45, 7) is 3.03. The van der Waals surface area contributed by atoms with E-state index in [0.717, 1.165) is 44.8 Å². The summed E-state index contributed by atoms with van der Waals surface area (Å²) in [7, 11) is 3.63. The first-order valence-corrected chi connectivity index (χ1v) is 7.17. The fourth-order valence-corrected chi connectivity index (χ4v) is 3.27. The standard InChI is InChI=1S/C15H22N2O3/c1-16-6-3-4-13(16)14(18)17-10-15(11-17)8-12(9-20-15)5-7-19-2/h3-4,6,12H,5,7-11H2,1-2H3. The molecule has 2 aliphatic heterocycles. The number of aryl methyl sites for hydroxylation is 1. The van der Waals surface area contributed by atoms with Crippen LogP contribution in [0.3, 0.4) is 0 Å². The molecule has 2 fully saturated rings. The van der Waals surface area contributed by atoms with Gasteiger partial charge < -0.3 is 18.9 Å². The molecule has 1 aromatic rings. The van der Waals surface area contributed by atoms with Gasteiger partial charge in [-0.1, -0.05) is 0 Å². The van der Waals surface area contributed by atoms with Crippen LogP contribution in [0.25, 0.3) is 0 Å².